The van der Waals surface area contributed by atoms with E-state index in [0.29, 0.717) is 11.0 Å². The van der Waals surface area contributed by atoms with Gasteiger partial charge in [-0.15, -0.1) is 0 Å². The minimum atomic E-state index is -0.460. The molecule has 6 rings (SSSR count). The number of nitrogens with one attached hydrogen (secondary N) is 1. The number of aromatic nitrogens is 3. The predicted octanol–water partition coefficient (Wildman–Crippen LogP) is 5.63. The molecule has 7 heteroatoms. The van der Waals surface area contributed by atoms with Gasteiger partial charge in [0.1, 0.15) is 23.9 Å². The Kier molecular flexibility index (Phi) is 4.07. The summed E-state index contributed by atoms with van der Waals surface area (Å²) in [5.41, 5.74) is 4.51. The van der Waals surface area contributed by atoms with Crippen LogP contribution in [-0.2, 0) is 0 Å². The van der Waals surface area contributed by atoms with Crippen molar-refractivity contribution < 1.29 is 9.13 Å². The van der Waals surface area contributed by atoms with Crippen LogP contribution in [0.2, 0.25) is 5.02 Å². The van der Waals surface area contributed by atoms with Gasteiger partial charge in [-0.25, -0.2) is 9.07 Å². The second kappa shape index (κ2) is 6.96. The minimum Gasteiger partial charge on any atom is -0.480 e. The first kappa shape index (κ1) is 18.2. The zero-order chi connectivity index (χ0) is 20.9. The van der Waals surface area contributed by atoms with Crippen molar-refractivity contribution >= 4 is 23.2 Å². The van der Waals surface area contributed by atoms with Gasteiger partial charge in [-0.1, -0.05) is 54.1 Å². The molecular weight excluding hydrogens is 415 g/mol. The largest absolute Gasteiger partial charge is 0.480 e. The van der Waals surface area contributed by atoms with E-state index in [0.717, 1.165) is 33.7 Å². The summed E-state index contributed by atoms with van der Waals surface area (Å²) in [4.78, 5) is 4.39. The third-order valence-corrected chi connectivity index (χ3v) is 6.04. The summed E-state index contributed by atoms with van der Waals surface area (Å²) in [6.07, 6.45) is 1.05. The number of nitrogens with zero attached hydrogens (tertiary/aromatic N) is 3. The lowest BCUT2D eigenvalue weighted by Gasteiger charge is -2.39. The zero-order valence-corrected chi connectivity index (χ0v) is 16.9. The Morgan fingerprint density at radius 1 is 0.968 bits per heavy atom. The Morgan fingerprint density at radius 3 is 2.58 bits per heavy atom. The van der Waals surface area contributed by atoms with Crippen molar-refractivity contribution in [2.24, 2.45) is 0 Å². The van der Waals surface area contributed by atoms with Crippen molar-refractivity contribution in [3.05, 3.63) is 112 Å². The molecule has 4 aromatic rings. The van der Waals surface area contributed by atoms with E-state index in [1.807, 2.05) is 48.5 Å². The summed E-state index contributed by atoms with van der Waals surface area (Å²) >= 11 is 6.60. The van der Waals surface area contributed by atoms with Gasteiger partial charge in [-0.3, -0.25) is 0 Å². The number of halogens is 2. The summed E-state index contributed by atoms with van der Waals surface area (Å²) in [6.45, 7) is 0. The van der Waals surface area contributed by atoms with Gasteiger partial charge < -0.3 is 10.1 Å². The maximum Gasteiger partial charge on any atom is 0.226 e. The van der Waals surface area contributed by atoms with Crippen molar-refractivity contribution in [3.63, 3.8) is 0 Å². The predicted molar refractivity (Wildman–Crippen MR) is 116 cm³/mol. The van der Waals surface area contributed by atoms with E-state index >= 15 is 0 Å². The molecular formula is C24H16ClFN4O. The number of benzene rings is 3. The van der Waals surface area contributed by atoms with E-state index in [1.54, 1.807) is 16.8 Å². The van der Waals surface area contributed by atoms with E-state index in [-0.39, 0.29) is 11.9 Å². The molecule has 0 fully saturated rings. The molecule has 3 heterocycles. The molecule has 0 radical (unpaired) electrons. The summed E-state index contributed by atoms with van der Waals surface area (Å²) in [5, 5.41) is 8.51. The molecule has 2 atom stereocenters. The number of hydrogen-bond acceptors (Lipinski definition) is 4. The molecule has 0 spiro atoms. The smallest absolute Gasteiger partial charge is 0.226 e. The van der Waals surface area contributed by atoms with Crippen LogP contribution in [-0.4, -0.2) is 14.8 Å². The lowest BCUT2D eigenvalue weighted by Crippen LogP contribution is -2.32. The van der Waals surface area contributed by atoms with Crippen molar-refractivity contribution in [2.75, 3.05) is 5.32 Å². The van der Waals surface area contributed by atoms with Crippen LogP contribution >= 0.6 is 11.6 Å². The maximum atomic E-state index is 13.7. The molecule has 152 valence electrons. The normalized spacial score (nSPS) is 19.0. The van der Waals surface area contributed by atoms with Gasteiger partial charge in [0.25, 0.3) is 0 Å². The molecule has 2 aliphatic heterocycles. The molecule has 0 unspecified atom stereocenters. The first-order chi connectivity index (χ1) is 15.2. The number of ether oxygens (including phenoxy) is 1. The fraction of sp³-hybridized carbons (Fsp3) is 0.0833. The Hall–Kier alpha value is -3.64. The molecule has 0 bridgehead atoms. The van der Waals surface area contributed by atoms with Gasteiger partial charge in [0, 0.05) is 21.7 Å². The lowest BCUT2D eigenvalue weighted by molar-refractivity contribution is 0.223. The first-order valence-electron chi connectivity index (χ1n) is 9.87. The second-order valence-corrected chi connectivity index (χ2v) is 7.86. The lowest BCUT2D eigenvalue weighted by atomic mass is 9.84. The average molecular weight is 431 g/mol. The first-order valence-corrected chi connectivity index (χ1v) is 10.2. The second-order valence-electron chi connectivity index (χ2n) is 7.45. The highest BCUT2D eigenvalue weighted by atomic mass is 35.5. The van der Waals surface area contributed by atoms with E-state index in [2.05, 4.69) is 15.4 Å². The van der Waals surface area contributed by atoms with Crippen LogP contribution < -0.4 is 10.1 Å². The van der Waals surface area contributed by atoms with Crippen LogP contribution in [0, 0.1) is 5.82 Å². The molecule has 31 heavy (non-hydrogen) atoms. The topological polar surface area (TPSA) is 52.0 Å². The Labute approximate surface area is 182 Å². The maximum absolute atomic E-state index is 13.7. The van der Waals surface area contributed by atoms with Crippen LogP contribution in [0.1, 0.15) is 28.8 Å². The summed E-state index contributed by atoms with van der Waals surface area (Å²) in [7, 11) is 0. The number of para-hydroxylation sites is 1. The van der Waals surface area contributed by atoms with E-state index in [1.165, 1.54) is 18.5 Å². The SMILES string of the molecule is Fc1ccc([C@H]2C3=C(Nc4ncnn42)c2ccccc2O[C@H]3c2ccccc2Cl)cc1. The summed E-state index contributed by atoms with van der Waals surface area (Å²) in [6, 6.07) is 21.6. The Bertz CT molecular complexity index is 1330. The number of hydrogen-bond donors (Lipinski definition) is 1. The number of fused-ring (bicyclic) bond motifs is 3. The van der Waals surface area contributed by atoms with Crippen LogP contribution in [0.4, 0.5) is 10.3 Å². The average Bonchev–Trinajstić information content (AvgIpc) is 3.27. The van der Waals surface area contributed by atoms with Gasteiger partial charge in [-0.2, -0.15) is 10.1 Å². The number of anilines is 1. The van der Waals surface area contributed by atoms with E-state index < -0.39 is 6.10 Å². The van der Waals surface area contributed by atoms with Crippen LogP contribution in [0.3, 0.4) is 0 Å². The van der Waals surface area contributed by atoms with Gasteiger partial charge in [0.15, 0.2) is 6.10 Å². The third-order valence-electron chi connectivity index (χ3n) is 5.69. The van der Waals surface area contributed by atoms with Gasteiger partial charge in [-0.05, 0) is 35.9 Å². The molecule has 1 aromatic heterocycles. The van der Waals surface area contributed by atoms with Crippen molar-refractivity contribution in [1.82, 2.24) is 14.8 Å². The minimum absolute atomic E-state index is 0.293. The molecule has 5 nitrogen and oxygen atoms in total. The number of rotatable bonds is 2. The monoisotopic (exact) mass is 430 g/mol. The van der Waals surface area contributed by atoms with Gasteiger partial charge in [0.05, 0.1) is 5.70 Å². The highest BCUT2D eigenvalue weighted by Crippen LogP contribution is 2.51. The van der Waals surface area contributed by atoms with Crippen LogP contribution in [0.5, 0.6) is 5.75 Å². The fourth-order valence-corrected chi connectivity index (χ4v) is 4.56. The highest BCUT2D eigenvalue weighted by molar-refractivity contribution is 6.31. The molecule has 0 amide bonds. The van der Waals surface area contributed by atoms with E-state index in [9.17, 15) is 4.39 Å². The third kappa shape index (κ3) is 2.83. The zero-order valence-electron chi connectivity index (χ0n) is 16.2. The highest BCUT2D eigenvalue weighted by Gasteiger charge is 2.41. The fourth-order valence-electron chi connectivity index (χ4n) is 4.33. The standard InChI is InChI=1S/C24H16ClFN4O/c25-18-7-3-1-5-16(18)23-20-21(17-6-2-4-8-19(17)31-23)29-24-27-13-28-30(24)22(20)14-9-11-15(26)12-10-14/h1-13,22-23H,(H,27,28,29)/t22-,23-/m0/s1. The molecule has 0 saturated carbocycles. The van der Waals surface area contributed by atoms with Gasteiger partial charge >= 0.3 is 0 Å². The van der Waals surface area contributed by atoms with Crippen molar-refractivity contribution in [2.45, 2.75) is 12.1 Å². The van der Waals surface area contributed by atoms with Gasteiger partial charge in [0.2, 0.25) is 5.95 Å². The van der Waals surface area contributed by atoms with Crippen molar-refractivity contribution in [1.29, 1.82) is 0 Å². The van der Waals surface area contributed by atoms with Crippen LogP contribution in [0.15, 0.2) is 84.7 Å². The molecule has 0 saturated heterocycles. The summed E-state index contributed by atoms with van der Waals surface area (Å²) < 4.78 is 22.0. The Balaban J connectivity index is 1.65. The van der Waals surface area contributed by atoms with Crippen molar-refractivity contribution in [3.8, 4) is 5.75 Å². The Morgan fingerprint density at radius 2 is 1.74 bits per heavy atom. The summed E-state index contributed by atoms with van der Waals surface area (Å²) in [5.74, 6) is 1.07. The van der Waals surface area contributed by atoms with E-state index in [4.69, 9.17) is 16.3 Å². The molecule has 0 aliphatic carbocycles. The molecule has 3 aromatic carbocycles. The molecule has 1 N–H and O–H groups in total. The quantitative estimate of drug-likeness (QED) is 0.447. The molecule has 2 aliphatic rings. The van der Waals surface area contributed by atoms with Crippen LogP contribution in [0.25, 0.3) is 5.70 Å².